The zero-order valence-electron chi connectivity index (χ0n) is 16.0. The van der Waals surface area contributed by atoms with Crippen LogP contribution >= 0.6 is 0 Å². The topological polar surface area (TPSA) is 85.0 Å². The number of nitrogens with zero attached hydrogens (tertiary/aromatic N) is 2. The summed E-state index contributed by atoms with van der Waals surface area (Å²) in [6.07, 6.45) is -4.68. The zero-order valence-corrected chi connectivity index (χ0v) is 16.0. The van der Waals surface area contributed by atoms with Gasteiger partial charge in [0.1, 0.15) is 11.3 Å². The monoisotopic (exact) mass is 447 g/mol. The minimum Gasteiger partial charge on any atom is -0.382 e. The van der Waals surface area contributed by atoms with Crippen molar-refractivity contribution in [1.29, 1.82) is 0 Å². The summed E-state index contributed by atoms with van der Waals surface area (Å²) in [5, 5.41) is 8.45. The number of nitrogens with two attached hydrogens (primary N) is 1. The molecule has 1 heterocycles. The molecular weight excluding hydrogens is 433 g/mol. The van der Waals surface area contributed by atoms with Gasteiger partial charge in [-0.1, -0.05) is 27.6 Å². The molecule has 11 heteroatoms. The summed E-state index contributed by atoms with van der Waals surface area (Å²) in [6, 6.07) is 12.1. The van der Waals surface area contributed by atoms with E-state index in [2.05, 4.69) is 15.7 Å². The van der Waals surface area contributed by atoms with Gasteiger partial charge in [-0.25, -0.2) is 9.18 Å². The van der Waals surface area contributed by atoms with E-state index in [1.807, 2.05) is 0 Å². The molecule has 0 fully saturated rings. The number of rotatable bonds is 3. The Morgan fingerprint density at radius 3 is 2.31 bits per heavy atom. The first-order chi connectivity index (χ1) is 15.1. The lowest BCUT2D eigenvalue weighted by atomic mass is 10.0. The van der Waals surface area contributed by atoms with Crippen molar-refractivity contribution in [3.05, 3.63) is 72.0 Å². The molecule has 3 aromatic carbocycles. The third-order valence-electron chi connectivity index (χ3n) is 4.69. The fourth-order valence-corrected chi connectivity index (χ4v) is 3.11. The Morgan fingerprint density at radius 1 is 0.938 bits per heavy atom. The zero-order chi connectivity index (χ0) is 23.0. The molecule has 0 spiro atoms. The summed E-state index contributed by atoms with van der Waals surface area (Å²) >= 11 is 0. The fraction of sp³-hybridized carbons (Fsp3) is 0.0476. The number of urea groups is 1. The number of fused-ring (bicyclic) bond motifs is 1. The first kappa shape index (κ1) is 21.1. The molecule has 0 unspecified atom stereocenters. The van der Waals surface area contributed by atoms with Crippen molar-refractivity contribution in [3.8, 4) is 11.1 Å². The molecule has 4 aromatic rings. The van der Waals surface area contributed by atoms with Crippen LogP contribution in [0.5, 0.6) is 0 Å². The molecule has 32 heavy (non-hydrogen) atoms. The van der Waals surface area contributed by atoms with E-state index in [9.17, 15) is 26.8 Å². The summed E-state index contributed by atoms with van der Waals surface area (Å²) in [4.78, 5) is 12.3. The van der Waals surface area contributed by atoms with Crippen molar-refractivity contribution < 1.29 is 26.8 Å². The maximum atomic E-state index is 13.8. The second kappa shape index (κ2) is 7.84. The first-order valence-corrected chi connectivity index (χ1v) is 9.11. The molecular formula is C21H14F5N5O. The fourth-order valence-electron chi connectivity index (χ4n) is 3.11. The van der Waals surface area contributed by atoms with Crippen LogP contribution in [0.4, 0.5) is 44.0 Å². The number of carbonyl (C=O) groups is 1. The molecule has 6 nitrogen and oxygen atoms in total. The minimum absolute atomic E-state index is 0.0665. The van der Waals surface area contributed by atoms with Gasteiger partial charge in [-0.3, -0.25) is 0 Å². The largest absolute Gasteiger partial charge is 0.416 e. The SMILES string of the molecule is Nc1nn(F)c2cc(-c3ccc(NC(=O)Nc4cc(C(F)(F)F)ccc4F)cc3)ccc12. The molecule has 2 amide bonds. The number of carbonyl (C=O) groups excluding carboxylic acids is 1. The summed E-state index contributed by atoms with van der Waals surface area (Å²) in [5.41, 5.74) is 5.80. The van der Waals surface area contributed by atoms with Crippen LogP contribution < -0.4 is 16.4 Å². The second-order valence-electron chi connectivity index (χ2n) is 6.83. The van der Waals surface area contributed by atoms with E-state index in [0.29, 0.717) is 40.4 Å². The van der Waals surface area contributed by atoms with Crippen LogP contribution in [0.3, 0.4) is 0 Å². The van der Waals surface area contributed by atoms with Crippen molar-refractivity contribution >= 4 is 34.1 Å². The Labute approximate surface area is 177 Å². The Balaban J connectivity index is 1.48. The molecule has 0 saturated carbocycles. The van der Waals surface area contributed by atoms with Gasteiger partial charge in [-0.15, -0.1) is 5.10 Å². The number of aromatic nitrogens is 2. The molecule has 0 saturated heterocycles. The smallest absolute Gasteiger partial charge is 0.382 e. The third kappa shape index (κ3) is 4.17. The predicted molar refractivity (Wildman–Crippen MR) is 110 cm³/mol. The van der Waals surface area contributed by atoms with E-state index in [1.54, 1.807) is 30.3 Å². The lowest BCUT2D eigenvalue weighted by molar-refractivity contribution is -0.137. The Hall–Kier alpha value is -4.15. The number of nitrogens with one attached hydrogen (secondary N) is 2. The molecule has 4 rings (SSSR count). The lowest BCUT2D eigenvalue weighted by Gasteiger charge is -2.12. The van der Waals surface area contributed by atoms with E-state index in [0.717, 1.165) is 0 Å². The first-order valence-electron chi connectivity index (χ1n) is 9.11. The quantitative estimate of drug-likeness (QED) is 0.346. The van der Waals surface area contributed by atoms with Gasteiger partial charge < -0.3 is 16.4 Å². The molecule has 0 aliphatic carbocycles. The molecule has 4 N–H and O–H groups in total. The van der Waals surface area contributed by atoms with Crippen LogP contribution in [0.25, 0.3) is 22.0 Å². The highest BCUT2D eigenvalue weighted by Crippen LogP contribution is 2.32. The molecule has 0 aliphatic heterocycles. The molecule has 164 valence electrons. The predicted octanol–water partition coefficient (Wildman–Crippen LogP) is 5.82. The van der Waals surface area contributed by atoms with Gasteiger partial charge in [0.15, 0.2) is 5.82 Å². The van der Waals surface area contributed by atoms with Gasteiger partial charge in [-0.05, 0) is 53.6 Å². The molecule has 0 bridgehead atoms. The minimum atomic E-state index is -4.68. The van der Waals surface area contributed by atoms with E-state index >= 15 is 0 Å². The number of hydrogen-bond acceptors (Lipinski definition) is 3. The molecule has 0 radical (unpaired) electrons. The Morgan fingerprint density at radius 2 is 1.62 bits per heavy atom. The van der Waals surface area contributed by atoms with Gasteiger partial charge in [-0.2, -0.15) is 13.2 Å². The van der Waals surface area contributed by atoms with E-state index in [4.69, 9.17) is 5.73 Å². The lowest BCUT2D eigenvalue weighted by Crippen LogP contribution is -2.20. The van der Waals surface area contributed by atoms with E-state index in [1.165, 1.54) is 12.1 Å². The third-order valence-corrected chi connectivity index (χ3v) is 4.69. The number of halogens is 5. The van der Waals surface area contributed by atoms with Gasteiger partial charge in [0.2, 0.25) is 0 Å². The van der Waals surface area contributed by atoms with Crippen molar-refractivity contribution in [2.24, 2.45) is 0 Å². The molecule has 1 aromatic heterocycles. The number of alkyl halides is 3. The number of amides is 2. The van der Waals surface area contributed by atoms with Crippen LogP contribution in [0.15, 0.2) is 60.7 Å². The number of anilines is 3. The average molecular weight is 447 g/mol. The maximum absolute atomic E-state index is 13.8. The van der Waals surface area contributed by atoms with Crippen LogP contribution in [0, 0.1) is 5.82 Å². The molecule has 0 aliphatic rings. The highest BCUT2D eigenvalue weighted by atomic mass is 19.4. The van der Waals surface area contributed by atoms with Crippen LogP contribution in [-0.2, 0) is 6.18 Å². The highest BCUT2D eigenvalue weighted by molar-refractivity contribution is 6.00. The standard InChI is InChI=1S/C21H14F5N5O/c22-16-8-4-13(21(23,24)25)10-17(16)29-20(32)28-14-5-1-11(2-6-14)12-3-7-15-18(9-12)31(26)30-19(15)27/h1-10H,(H2,27,30)(H2,28,29,32). The average Bonchev–Trinajstić information content (AvgIpc) is 3.02. The van der Waals surface area contributed by atoms with E-state index in [-0.39, 0.29) is 16.2 Å². The maximum Gasteiger partial charge on any atom is 0.416 e. The number of hydrogen-bond donors (Lipinski definition) is 3. The number of benzene rings is 3. The normalized spacial score (nSPS) is 11.5. The van der Waals surface area contributed by atoms with Crippen LogP contribution in [0.2, 0.25) is 0 Å². The van der Waals surface area contributed by atoms with Crippen molar-refractivity contribution in [2.75, 3.05) is 16.4 Å². The summed E-state index contributed by atoms with van der Waals surface area (Å²) in [5.74, 6) is -0.941. The summed E-state index contributed by atoms with van der Waals surface area (Å²) in [7, 11) is 0. The van der Waals surface area contributed by atoms with Crippen LogP contribution in [-0.4, -0.2) is 16.0 Å². The van der Waals surface area contributed by atoms with Gasteiger partial charge in [0.05, 0.1) is 11.3 Å². The summed E-state index contributed by atoms with van der Waals surface area (Å²) in [6.45, 7) is 0. The second-order valence-corrected chi connectivity index (χ2v) is 6.83. The van der Waals surface area contributed by atoms with E-state index < -0.39 is 29.3 Å². The number of nitrogen functional groups attached to an aromatic ring is 1. The molecule has 0 atom stereocenters. The van der Waals surface area contributed by atoms with Crippen LogP contribution in [0.1, 0.15) is 5.56 Å². The van der Waals surface area contributed by atoms with Crippen molar-refractivity contribution in [1.82, 2.24) is 10.0 Å². The Bertz CT molecular complexity index is 1310. The van der Waals surface area contributed by atoms with Crippen molar-refractivity contribution in [2.45, 2.75) is 6.18 Å². The Kier molecular flexibility index (Phi) is 5.17. The van der Waals surface area contributed by atoms with Gasteiger partial charge >= 0.3 is 12.2 Å². The van der Waals surface area contributed by atoms with Crippen molar-refractivity contribution in [3.63, 3.8) is 0 Å². The van der Waals surface area contributed by atoms with Gasteiger partial charge in [0.25, 0.3) is 0 Å². The van der Waals surface area contributed by atoms with Gasteiger partial charge in [0, 0.05) is 11.1 Å². The highest BCUT2D eigenvalue weighted by Gasteiger charge is 2.31. The summed E-state index contributed by atoms with van der Waals surface area (Å²) < 4.78 is 65.9.